The fourth-order valence-electron chi connectivity index (χ4n) is 2.25. The maximum Gasteiger partial charge on any atom is 0.172 e. The number of aldehydes is 1. The summed E-state index contributed by atoms with van der Waals surface area (Å²) in [6, 6.07) is 5.31. The summed E-state index contributed by atoms with van der Waals surface area (Å²) in [6.45, 7) is 1.24. The van der Waals surface area contributed by atoms with Crippen LogP contribution in [-0.2, 0) is 9.59 Å². The molecule has 1 rings (SSSR count). The largest absolute Gasteiger partial charge is 0.400 e. The lowest BCUT2D eigenvalue weighted by Gasteiger charge is -2.30. The smallest absolute Gasteiger partial charge is 0.172 e. The molecule has 1 atom stereocenters. The lowest BCUT2D eigenvalue weighted by atomic mass is 9.64. The lowest BCUT2D eigenvalue weighted by molar-refractivity contribution is -0.118. The molecule has 0 aromatic heterocycles. The fourth-order valence-corrected chi connectivity index (χ4v) is 2.25. The average Bonchev–Trinajstić information content (AvgIpc) is 2.60. The molecule has 90 valence electrons. The molecule has 1 aliphatic carbocycles. The summed E-state index contributed by atoms with van der Waals surface area (Å²) in [5, 5.41) is 27.7. The number of carbonyl (C=O) groups is 2. The van der Waals surface area contributed by atoms with E-state index in [4.69, 9.17) is 5.73 Å². The van der Waals surface area contributed by atoms with Gasteiger partial charge in [-0.3, -0.25) is 9.59 Å². The fraction of sp³-hybridized carbons (Fsp3) is 0.417. The molecule has 0 spiro atoms. The molecule has 0 radical (unpaired) electrons. The molecule has 2 N–H and O–H groups in total. The minimum Gasteiger partial charge on any atom is -0.400 e. The van der Waals surface area contributed by atoms with E-state index in [0.717, 1.165) is 0 Å². The number of nitriles is 3. The highest BCUT2D eigenvalue weighted by atomic mass is 16.1. The summed E-state index contributed by atoms with van der Waals surface area (Å²) in [6.07, 6.45) is -0.151. The Bertz CT molecular complexity index is 556. The van der Waals surface area contributed by atoms with Crippen LogP contribution in [0.1, 0.15) is 19.8 Å². The van der Waals surface area contributed by atoms with Crippen molar-refractivity contribution < 1.29 is 9.59 Å². The van der Waals surface area contributed by atoms with E-state index in [0.29, 0.717) is 6.29 Å². The molecule has 0 amide bonds. The van der Waals surface area contributed by atoms with E-state index >= 15 is 0 Å². The van der Waals surface area contributed by atoms with Gasteiger partial charge in [0, 0.05) is 24.1 Å². The van der Waals surface area contributed by atoms with Crippen molar-refractivity contribution in [2.24, 2.45) is 16.6 Å². The summed E-state index contributed by atoms with van der Waals surface area (Å²) < 4.78 is 0. The molecule has 6 heteroatoms. The van der Waals surface area contributed by atoms with Crippen LogP contribution < -0.4 is 5.73 Å². The van der Waals surface area contributed by atoms with E-state index in [-0.39, 0.29) is 29.9 Å². The standard InChI is InChI=1S/C12H10N4O2/c1-8(18)2-12(7-15)10(16)9(4-17)3-11(12,5-13)6-14/h4H,2-3,16H2,1H3/t12-/m1/s1. The van der Waals surface area contributed by atoms with Gasteiger partial charge in [0.25, 0.3) is 0 Å². The Hall–Kier alpha value is -2.65. The molecular formula is C12H10N4O2. The highest BCUT2D eigenvalue weighted by Gasteiger charge is 2.61. The van der Waals surface area contributed by atoms with Crippen molar-refractivity contribution >= 4 is 12.1 Å². The Morgan fingerprint density at radius 1 is 1.39 bits per heavy atom. The predicted molar refractivity (Wildman–Crippen MR) is 58.9 cm³/mol. The molecule has 6 nitrogen and oxygen atoms in total. The maximum absolute atomic E-state index is 11.3. The van der Waals surface area contributed by atoms with Crippen LogP contribution in [0.15, 0.2) is 11.3 Å². The van der Waals surface area contributed by atoms with Crippen LogP contribution in [0, 0.1) is 44.8 Å². The van der Waals surface area contributed by atoms with Crippen molar-refractivity contribution in [3.8, 4) is 18.2 Å². The van der Waals surface area contributed by atoms with E-state index in [2.05, 4.69) is 0 Å². The molecular weight excluding hydrogens is 232 g/mol. The second-order valence-corrected chi connectivity index (χ2v) is 4.26. The van der Waals surface area contributed by atoms with Crippen LogP contribution in [-0.4, -0.2) is 12.1 Å². The number of nitrogens with zero attached hydrogens (tertiary/aromatic N) is 3. The van der Waals surface area contributed by atoms with Gasteiger partial charge < -0.3 is 5.73 Å². The number of carbonyl (C=O) groups excluding carboxylic acids is 2. The number of Topliss-reactive ketones (excluding diaryl/α,β-unsaturated/α-hetero) is 1. The Balaban J connectivity index is 3.60. The summed E-state index contributed by atoms with van der Waals surface area (Å²) in [5.41, 5.74) is 2.11. The first-order valence-corrected chi connectivity index (χ1v) is 5.10. The molecule has 0 fully saturated rings. The normalized spacial score (nSPS) is 24.8. The van der Waals surface area contributed by atoms with E-state index < -0.39 is 10.8 Å². The minimum atomic E-state index is -1.78. The van der Waals surface area contributed by atoms with E-state index in [9.17, 15) is 25.4 Å². The number of rotatable bonds is 3. The molecule has 0 aromatic rings. The number of nitrogens with two attached hydrogens (primary N) is 1. The zero-order valence-electron chi connectivity index (χ0n) is 9.73. The lowest BCUT2D eigenvalue weighted by Crippen LogP contribution is -2.40. The van der Waals surface area contributed by atoms with Gasteiger partial charge in [0.2, 0.25) is 0 Å². The van der Waals surface area contributed by atoms with Crippen LogP contribution in [0.2, 0.25) is 0 Å². The minimum absolute atomic E-state index is 0.0425. The van der Waals surface area contributed by atoms with Gasteiger partial charge in [-0.2, -0.15) is 15.8 Å². The molecule has 0 saturated heterocycles. The summed E-state index contributed by atoms with van der Waals surface area (Å²) in [4.78, 5) is 22.2. The summed E-state index contributed by atoms with van der Waals surface area (Å²) in [7, 11) is 0. The first-order valence-electron chi connectivity index (χ1n) is 5.10. The average molecular weight is 242 g/mol. The summed E-state index contributed by atoms with van der Waals surface area (Å²) >= 11 is 0. The van der Waals surface area contributed by atoms with Gasteiger partial charge in [0.05, 0.1) is 18.2 Å². The second kappa shape index (κ2) is 4.31. The number of hydrogen-bond acceptors (Lipinski definition) is 6. The van der Waals surface area contributed by atoms with Crippen molar-refractivity contribution in [2.75, 3.05) is 0 Å². The third-order valence-corrected chi connectivity index (χ3v) is 3.22. The molecule has 18 heavy (non-hydrogen) atoms. The number of allylic oxidation sites excluding steroid dienone is 2. The molecule has 1 aliphatic rings. The van der Waals surface area contributed by atoms with Gasteiger partial charge in [0.1, 0.15) is 17.5 Å². The second-order valence-electron chi connectivity index (χ2n) is 4.26. The van der Waals surface area contributed by atoms with Gasteiger partial charge in [-0.25, -0.2) is 0 Å². The Morgan fingerprint density at radius 2 is 1.94 bits per heavy atom. The number of ketones is 1. The monoisotopic (exact) mass is 242 g/mol. The predicted octanol–water partition coefficient (Wildman–Crippen LogP) is 0.324. The molecule has 0 saturated carbocycles. The third-order valence-electron chi connectivity index (χ3n) is 3.22. The van der Waals surface area contributed by atoms with Crippen molar-refractivity contribution in [3.05, 3.63) is 11.3 Å². The van der Waals surface area contributed by atoms with Crippen molar-refractivity contribution in [1.82, 2.24) is 0 Å². The highest BCUT2D eigenvalue weighted by molar-refractivity contribution is 5.82. The molecule has 0 heterocycles. The van der Waals surface area contributed by atoms with Gasteiger partial charge in [-0.1, -0.05) is 0 Å². The van der Waals surface area contributed by atoms with Crippen LogP contribution in [0.5, 0.6) is 0 Å². The number of hydrogen-bond donors (Lipinski definition) is 1. The van der Waals surface area contributed by atoms with Crippen LogP contribution in [0.4, 0.5) is 0 Å². The zero-order valence-corrected chi connectivity index (χ0v) is 9.73. The molecule has 0 aromatic carbocycles. The first-order chi connectivity index (χ1) is 8.42. The van der Waals surface area contributed by atoms with Gasteiger partial charge in [-0.05, 0) is 6.92 Å². The van der Waals surface area contributed by atoms with Crippen molar-refractivity contribution in [1.29, 1.82) is 15.8 Å². The zero-order chi connectivity index (χ0) is 14.0. The highest BCUT2D eigenvalue weighted by Crippen LogP contribution is 2.55. The van der Waals surface area contributed by atoms with Crippen LogP contribution in [0.25, 0.3) is 0 Å². The van der Waals surface area contributed by atoms with Crippen molar-refractivity contribution in [2.45, 2.75) is 19.8 Å². The van der Waals surface area contributed by atoms with Crippen LogP contribution in [0.3, 0.4) is 0 Å². The van der Waals surface area contributed by atoms with Gasteiger partial charge >= 0.3 is 0 Å². The van der Waals surface area contributed by atoms with E-state index in [1.54, 1.807) is 12.1 Å². The van der Waals surface area contributed by atoms with Crippen LogP contribution >= 0.6 is 0 Å². The quantitative estimate of drug-likeness (QED) is 0.709. The SMILES string of the molecule is CC(=O)C[C@@]1(C#N)C(N)=C(C=O)CC1(C#N)C#N. The van der Waals surface area contributed by atoms with E-state index in [1.807, 2.05) is 6.07 Å². The topological polar surface area (TPSA) is 132 Å². The van der Waals surface area contributed by atoms with E-state index in [1.165, 1.54) is 6.92 Å². The Kier molecular flexibility index (Phi) is 3.21. The Labute approximate surface area is 104 Å². The van der Waals surface area contributed by atoms with Crippen molar-refractivity contribution in [3.63, 3.8) is 0 Å². The first kappa shape index (κ1) is 13.4. The van der Waals surface area contributed by atoms with Gasteiger partial charge in [-0.15, -0.1) is 0 Å². The van der Waals surface area contributed by atoms with Gasteiger partial charge in [0.15, 0.2) is 5.41 Å². The molecule has 0 aliphatic heterocycles. The molecule has 0 bridgehead atoms. The maximum atomic E-state index is 11.3. The summed E-state index contributed by atoms with van der Waals surface area (Å²) in [5.74, 6) is -0.374. The Morgan fingerprint density at radius 3 is 2.28 bits per heavy atom. The third kappa shape index (κ3) is 1.46. The molecule has 0 unspecified atom stereocenters.